The van der Waals surface area contributed by atoms with E-state index in [2.05, 4.69) is 20.6 Å². The largest absolute Gasteiger partial charge is 0.367 e. The van der Waals surface area contributed by atoms with Gasteiger partial charge in [0.25, 0.3) is 0 Å². The van der Waals surface area contributed by atoms with Gasteiger partial charge < -0.3 is 10.6 Å². The molecule has 1 amide bonds. The van der Waals surface area contributed by atoms with Crippen LogP contribution < -0.4 is 10.6 Å². The van der Waals surface area contributed by atoms with Gasteiger partial charge in [-0.15, -0.1) is 0 Å². The van der Waals surface area contributed by atoms with Crippen LogP contribution in [0.4, 0.5) is 5.82 Å². The van der Waals surface area contributed by atoms with Crippen molar-refractivity contribution < 1.29 is 4.79 Å². The first-order valence-electron chi connectivity index (χ1n) is 4.99. The summed E-state index contributed by atoms with van der Waals surface area (Å²) in [7, 11) is 0. The Labute approximate surface area is 93.7 Å². The summed E-state index contributed by atoms with van der Waals surface area (Å²) in [4.78, 5) is 18.9. The number of anilines is 1. The maximum atomic E-state index is 11.1. The molecule has 0 fully saturated rings. The Kier molecular flexibility index (Phi) is 4.73. The van der Waals surface area contributed by atoms with Crippen LogP contribution in [0.15, 0.2) is 12.4 Å². The van der Waals surface area contributed by atoms with Crippen LogP contribution in [-0.4, -0.2) is 29.0 Å². The van der Waals surface area contributed by atoms with E-state index in [1.54, 1.807) is 0 Å². The Morgan fingerprint density at radius 3 is 2.94 bits per heavy atom. The summed E-state index contributed by atoms with van der Waals surface area (Å²) < 4.78 is 0. The van der Waals surface area contributed by atoms with Crippen LogP contribution >= 0.6 is 0 Å². The first-order valence-corrected chi connectivity index (χ1v) is 4.99. The molecule has 0 aromatic carbocycles. The SMILES string of the molecule is CCNC(=O)CCNc1nccnc1C#N. The number of carbonyl (C=O) groups is 1. The molecule has 0 spiro atoms. The van der Waals surface area contributed by atoms with Gasteiger partial charge in [-0.1, -0.05) is 0 Å². The molecule has 1 aromatic rings. The van der Waals surface area contributed by atoms with E-state index in [-0.39, 0.29) is 11.6 Å². The first kappa shape index (κ1) is 11.9. The number of rotatable bonds is 5. The first-order chi connectivity index (χ1) is 7.77. The average molecular weight is 219 g/mol. The average Bonchev–Trinajstić information content (AvgIpc) is 2.30. The second-order valence-electron chi connectivity index (χ2n) is 3.00. The van der Waals surface area contributed by atoms with Gasteiger partial charge in [-0.3, -0.25) is 4.79 Å². The van der Waals surface area contributed by atoms with Crippen molar-refractivity contribution in [3.05, 3.63) is 18.1 Å². The molecule has 0 aliphatic heterocycles. The Balaban J connectivity index is 2.43. The second-order valence-corrected chi connectivity index (χ2v) is 3.00. The predicted octanol–water partition coefficient (Wildman–Crippen LogP) is 0.286. The number of nitrogens with one attached hydrogen (secondary N) is 2. The molecule has 16 heavy (non-hydrogen) atoms. The van der Waals surface area contributed by atoms with Gasteiger partial charge in [0, 0.05) is 31.9 Å². The molecule has 0 aliphatic carbocycles. The molecule has 0 saturated carbocycles. The minimum Gasteiger partial charge on any atom is -0.367 e. The van der Waals surface area contributed by atoms with E-state index in [1.807, 2.05) is 13.0 Å². The van der Waals surface area contributed by atoms with E-state index in [4.69, 9.17) is 5.26 Å². The van der Waals surface area contributed by atoms with Crippen molar-refractivity contribution >= 4 is 11.7 Å². The molecular weight excluding hydrogens is 206 g/mol. The highest BCUT2D eigenvalue weighted by Gasteiger charge is 2.04. The zero-order valence-electron chi connectivity index (χ0n) is 9.03. The molecule has 6 nitrogen and oxygen atoms in total. The van der Waals surface area contributed by atoms with Crippen molar-refractivity contribution in [1.29, 1.82) is 5.26 Å². The van der Waals surface area contributed by atoms with E-state index in [1.165, 1.54) is 12.4 Å². The van der Waals surface area contributed by atoms with Gasteiger partial charge in [0.05, 0.1) is 0 Å². The predicted molar refractivity (Wildman–Crippen MR) is 58.5 cm³/mol. The van der Waals surface area contributed by atoms with Gasteiger partial charge in [-0.25, -0.2) is 9.97 Å². The third kappa shape index (κ3) is 3.53. The lowest BCUT2D eigenvalue weighted by Gasteiger charge is -2.05. The highest BCUT2D eigenvalue weighted by molar-refractivity contribution is 5.76. The standard InChI is InChI=1S/C10H13N5O/c1-2-12-9(16)3-4-14-10-8(7-11)13-5-6-15-10/h5-6H,2-4H2,1H3,(H,12,16)(H,14,15). The second kappa shape index (κ2) is 6.35. The van der Waals surface area contributed by atoms with Crippen LogP contribution in [0.3, 0.4) is 0 Å². The Morgan fingerprint density at radius 1 is 1.50 bits per heavy atom. The quantitative estimate of drug-likeness (QED) is 0.742. The molecular formula is C10H13N5O. The molecule has 0 unspecified atom stereocenters. The van der Waals surface area contributed by atoms with Crippen molar-refractivity contribution in [2.24, 2.45) is 0 Å². The van der Waals surface area contributed by atoms with Crippen LogP contribution in [0.2, 0.25) is 0 Å². The third-order valence-corrected chi connectivity index (χ3v) is 1.82. The van der Waals surface area contributed by atoms with E-state index < -0.39 is 0 Å². The summed E-state index contributed by atoms with van der Waals surface area (Å²) >= 11 is 0. The highest BCUT2D eigenvalue weighted by atomic mass is 16.1. The van der Waals surface area contributed by atoms with Gasteiger partial charge in [-0.2, -0.15) is 5.26 Å². The van der Waals surface area contributed by atoms with Crippen molar-refractivity contribution in [3.8, 4) is 6.07 Å². The Bertz CT molecular complexity index is 398. The van der Waals surface area contributed by atoms with Crippen molar-refractivity contribution in [3.63, 3.8) is 0 Å². The van der Waals surface area contributed by atoms with Crippen LogP contribution in [-0.2, 0) is 4.79 Å². The Morgan fingerprint density at radius 2 is 2.25 bits per heavy atom. The van der Waals surface area contributed by atoms with E-state index in [0.717, 1.165) is 0 Å². The molecule has 84 valence electrons. The number of aromatic nitrogens is 2. The molecule has 0 saturated heterocycles. The van der Waals surface area contributed by atoms with Crippen molar-refractivity contribution in [1.82, 2.24) is 15.3 Å². The van der Waals surface area contributed by atoms with Gasteiger partial charge in [0.15, 0.2) is 11.5 Å². The summed E-state index contributed by atoms with van der Waals surface area (Å²) in [5.74, 6) is 0.381. The molecule has 0 radical (unpaired) electrons. The van der Waals surface area contributed by atoms with Crippen LogP contribution in [0, 0.1) is 11.3 Å². The molecule has 1 heterocycles. The Hall–Kier alpha value is -2.16. The topological polar surface area (TPSA) is 90.7 Å². The minimum absolute atomic E-state index is 0.0302. The van der Waals surface area contributed by atoms with Crippen molar-refractivity contribution in [2.45, 2.75) is 13.3 Å². The maximum Gasteiger partial charge on any atom is 0.221 e. The number of nitriles is 1. The van der Waals surface area contributed by atoms with E-state index in [9.17, 15) is 4.79 Å². The lowest BCUT2D eigenvalue weighted by Crippen LogP contribution is -2.25. The molecule has 2 N–H and O–H groups in total. The zero-order valence-corrected chi connectivity index (χ0v) is 9.03. The number of hydrogen-bond donors (Lipinski definition) is 2. The number of hydrogen-bond acceptors (Lipinski definition) is 5. The normalized spacial score (nSPS) is 9.25. The van der Waals surface area contributed by atoms with Crippen LogP contribution in [0.5, 0.6) is 0 Å². The molecule has 6 heteroatoms. The highest BCUT2D eigenvalue weighted by Crippen LogP contribution is 2.05. The zero-order chi connectivity index (χ0) is 11.8. The van der Waals surface area contributed by atoms with E-state index >= 15 is 0 Å². The van der Waals surface area contributed by atoms with Gasteiger partial charge in [0.1, 0.15) is 6.07 Å². The summed E-state index contributed by atoms with van der Waals surface area (Å²) in [6.45, 7) is 2.91. The summed E-state index contributed by atoms with van der Waals surface area (Å²) in [5, 5.41) is 14.3. The number of nitrogens with zero attached hydrogens (tertiary/aromatic N) is 3. The van der Waals surface area contributed by atoms with Gasteiger partial charge in [0.2, 0.25) is 5.91 Å². The fourth-order valence-electron chi connectivity index (χ4n) is 1.13. The van der Waals surface area contributed by atoms with Gasteiger partial charge >= 0.3 is 0 Å². The van der Waals surface area contributed by atoms with Crippen molar-refractivity contribution in [2.75, 3.05) is 18.4 Å². The van der Waals surface area contributed by atoms with Gasteiger partial charge in [-0.05, 0) is 6.92 Å². The van der Waals surface area contributed by atoms with Crippen LogP contribution in [0.1, 0.15) is 19.0 Å². The maximum absolute atomic E-state index is 11.1. The summed E-state index contributed by atoms with van der Waals surface area (Å²) in [5.41, 5.74) is 0.235. The fraction of sp³-hybridized carbons (Fsp3) is 0.400. The third-order valence-electron chi connectivity index (χ3n) is 1.82. The molecule has 0 aliphatic rings. The molecule has 1 aromatic heterocycles. The number of carbonyl (C=O) groups excluding carboxylic acids is 1. The lowest BCUT2D eigenvalue weighted by molar-refractivity contribution is -0.120. The lowest BCUT2D eigenvalue weighted by atomic mass is 10.3. The smallest absolute Gasteiger partial charge is 0.221 e. The molecule has 0 bridgehead atoms. The van der Waals surface area contributed by atoms with E-state index in [0.29, 0.717) is 25.3 Å². The summed E-state index contributed by atoms with van der Waals surface area (Å²) in [6.07, 6.45) is 3.29. The molecule has 1 rings (SSSR count). The minimum atomic E-state index is -0.0302. The summed E-state index contributed by atoms with van der Waals surface area (Å²) in [6, 6.07) is 1.92. The van der Waals surface area contributed by atoms with Crippen LogP contribution in [0.25, 0.3) is 0 Å². The molecule has 0 atom stereocenters. The number of amides is 1. The fourth-order valence-corrected chi connectivity index (χ4v) is 1.13. The monoisotopic (exact) mass is 219 g/mol.